The molecule has 14 heteroatoms. The summed E-state index contributed by atoms with van der Waals surface area (Å²) in [6, 6.07) is 4.27. The van der Waals surface area contributed by atoms with Gasteiger partial charge in [-0.15, -0.1) is 0 Å². The van der Waals surface area contributed by atoms with Gasteiger partial charge < -0.3 is 64.5 Å². The van der Waals surface area contributed by atoms with E-state index in [2.05, 4.69) is 0 Å². The van der Waals surface area contributed by atoms with Gasteiger partial charge in [-0.05, 0) is 23.8 Å². The van der Waals surface area contributed by atoms with Gasteiger partial charge in [-0.2, -0.15) is 0 Å². The fourth-order valence-electron chi connectivity index (χ4n) is 3.90. The highest BCUT2D eigenvalue weighted by atomic mass is 16.8. The Morgan fingerprint density at radius 1 is 1.03 bits per heavy atom. The number of hydrogen-bond acceptors (Lipinski definition) is 14. The molecule has 202 valence electrons. The molecule has 0 unspecified atom stereocenters. The van der Waals surface area contributed by atoms with Crippen molar-refractivity contribution < 1.29 is 69.3 Å². The maximum absolute atomic E-state index is 12.5. The number of esters is 1. The van der Waals surface area contributed by atoms with Gasteiger partial charge in [0.15, 0.2) is 23.9 Å². The van der Waals surface area contributed by atoms with Crippen LogP contribution in [0.3, 0.4) is 0 Å². The SMILES string of the molecule is COc1cc(C=CC(=O)O[C@H]2[C@H](O)[C@@H](CO)O[C@@]2(CO)O[C@@H]2O[C@H](CO)[C@@H](O)[C@H](O)[C@H]2O)ccc1O. The van der Waals surface area contributed by atoms with Crippen molar-refractivity contribution in [2.75, 3.05) is 26.9 Å². The Bertz CT molecular complexity index is 922. The first-order valence-corrected chi connectivity index (χ1v) is 10.9. The third-order valence-electron chi connectivity index (χ3n) is 5.90. The maximum Gasteiger partial charge on any atom is 0.331 e. The number of aliphatic hydroxyl groups excluding tert-OH is 7. The molecule has 36 heavy (non-hydrogen) atoms. The molecule has 3 rings (SSSR count). The Hall–Kier alpha value is -2.37. The molecular formula is C22H30O14. The van der Waals surface area contributed by atoms with Gasteiger partial charge in [0.05, 0.1) is 20.3 Å². The van der Waals surface area contributed by atoms with E-state index in [0.717, 1.165) is 6.08 Å². The predicted molar refractivity (Wildman–Crippen MR) is 116 cm³/mol. The van der Waals surface area contributed by atoms with Crippen LogP contribution in [-0.2, 0) is 23.7 Å². The molecule has 2 saturated heterocycles. The molecule has 2 aliphatic rings. The third-order valence-corrected chi connectivity index (χ3v) is 5.90. The normalized spacial score (nSPS) is 36.8. The van der Waals surface area contributed by atoms with Crippen molar-refractivity contribution in [3.05, 3.63) is 29.8 Å². The number of rotatable bonds is 9. The van der Waals surface area contributed by atoms with Crippen LogP contribution in [0.2, 0.25) is 0 Å². The van der Waals surface area contributed by atoms with E-state index < -0.39 is 80.6 Å². The molecule has 0 spiro atoms. The van der Waals surface area contributed by atoms with Crippen LogP contribution in [0.4, 0.5) is 0 Å². The number of carbonyl (C=O) groups is 1. The molecule has 2 aliphatic heterocycles. The second-order valence-corrected chi connectivity index (χ2v) is 8.24. The van der Waals surface area contributed by atoms with Crippen molar-refractivity contribution in [1.29, 1.82) is 0 Å². The lowest BCUT2D eigenvalue weighted by Crippen LogP contribution is -2.63. The van der Waals surface area contributed by atoms with E-state index in [-0.39, 0.29) is 11.5 Å². The number of aromatic hydroxyl groups is 1. The standard InChI is InChI=1S/C22H30O14/c1-32-12-6-10(2-4-11(12)26)3-5-15(27)34-20-17(29)14(8-24)35-22(20,9-25)36-21-19(31)18(30)16(28)13(7-23)33-21/h2-6,13-14,16-21,23-26,28-31H,7-9H2,1H3/t13-,14-,16-,17-,18+,19-,20+,21+,22+/m1/s1. The summed E-state index contributed by atoms with van der Waals surface area (Å²) in [6.45, 7) is -2.59. The summed E-state index contributed by atoms with van der Waals surface area (Å²) in [7, 11) is 1.35. The van der Waals surface area contributed by atoms with Crippen LogP contribution < -0.4 is 4.74 Å². The summed E-state index contributed by atoms with van der Waals surface area (Å²) in [5, 5.41) is 79.5. The molecule has 9 atom stereocenters. The fraction of sp³-hybridized carbons (Fsp3) is 0.591. The highest BCUT2D eigenvalue weighted by Crippen LogP contribution is 2.38. The summed E-state index contributed by atoms with van der Waals surface area (Å²) in [4.78, 5) is 12.5. The minimum atomic E-state index is -2.37. The molecule has 0 radical (unpaired) electrons. The van der Waals surface area contributed by atoms with E-state index in [1.807, 2.05) is 0 Å². The Morgan fingerprint density at radius 3 is 2.33 bits per heavy atom. The van der Waals surface area contributed by atoms with Gasteiger partial charge in [-0.1, -0.05) is 6.07 Å². The highest BCUT2D eigenvalue weighted by Gasteiger charge is 2.60. The first-order valence-electron chi connectivity index (χ1n) is 10.9. The van der Waals surface area contributed by atoms with Crippen LogP contribution in [-0.4, -0.2) is 129 Å². The van der Waals surface area contributed by atoms with Gasteiger partial charge >= 0.3 is 5.97 Å². The quantitative estimate of drug-likeness (QED) is 0.118. The summed E-state index contributed by atoms with van der Waals surface area (Å²) < 4.78 is 26.5. The number of phenols is 1. The Morgan fingerprint density at radius 2 is 1.72 bits per heavy atom. The lowest BCUT2D eigenvalue weighted by atomic mass is 9.99. The number of methoxy groups -OCH3 is 1. The summed E-state index contributed by atoms with van der Waals surface area (Å²) in [5.74, 6) is -3.35. The first kappa shape index (κ1) is 28.2. The van der Waals surface area contributed by atoms with Crippen LogP contribution in [0.1, 0.15) is 5.56 Å². The molecule has 0 aliphatic carbocycles. The second kappa shape index (κ2) is 11.8. The van der Waals surface area contributed by atoms with Gasteiger partial charge in [-0.3, -0.25) is 0 Å². The Kier molecular flexibility index (Phi) is 9.23. The number of phenolic OH excluding ortho intramolecular Hbond substituents is 1. The van der Waals surface area contributed by atoms with E-state index in [1.165, 1.54) is 31.4 Å². The number of hydrogen-bond donors (Lipinski definition) is 8. The average molecular weight is 518 g/mol. The van der Waals surface area contributed by atoms with Gasteiger partial charge in [0.2, 0.25) is 5.79 Å². The summed E-state index contributed by atoms with van der Waals surface area (Å²) in [6.07, 6.45) is -11.1. The van der Waals surface area contributed by atoms with Crippen molar-refractivity contribution in [3.8, 4) is 11.5 Å². The van der Waals surface area contributed by atoms with E-state index in [1.54, 1.807) is 0 Å². The molecule has 0 bridgehead atoms. The molecule has 1 aromatic rings. The zero-order valence-electron chi connectivity index (χ0n) is 19.2. The van der Waals surface area contributed by atoms with Crippen LogP contribution in [0.5, 0.6) is 11.5 Å². The first-order chi connectivity index (χ1) is 17.1. The van der Waals surface area contributed by atoms with Gasteiger partial charge in [-0.25, -0.2) is 4.79 Å². The zero-order chi connectivity index (χ0) is 26.6. The lowest BCUT2D eigenvalue weighted by molar-refractivity contribution is -0.383. The van der Waals surface area contributed by atoms with Crippen molar-refractivity contribution in [2.24, 2.45) is 0 Å². The molecule has 1 aromatic carbocycles. The van der Waals surface area contributed by atoms with Crippen LogP contribution in [0.25, 0.3) is 6.08 Å². The van der Waals surface area contributed by atoms with E-state index in [4.69, 9.17) is 23.7 Å². The minimum absolute atomic E-state index is 0.114. The van der Waals surface area contributed by atoms with Crippen molar-refractivity contribution >= 4 is 12.0 Å². The fourth-order valence-corrected chi connectivity index (χ4v) is 3.90. The largest absolute Gasteiger partial charge is 0.504 e. The summed E-state index contributed by atoms with van der Waals surface area (Å²) >= 11 is 0. The number of carbonyl (C=O) groups excluding carboxylic acids is 1. The van der Waals surface area contributed by atoms with E-state index in [9.17, 15) is 45.6 Å². The van der Waals surface area contributed by atoms with Crippen molar-refractivity contribution in [3.63, 3.8) is 0 Å². The molecule has 8 N–H and O–H groups in total. The average Bonchev–Trinajstić information content (AvgIpc) is 3.14. The summed E-state index contributed by atoms with van der Waals surface area (Å²) in [5.41, 5.74) is 0.448. The van der Waals surface area contributed by atoms with E-state index in [0.29, 0.717) is 5.56 Å². The molecule has 0 saturated carbocycles. The molecule has 2 fully saturated rings. The zero-order valence-corrected chi connectivity index (χ0v) is 19.2. The van der Waals surface area contributed by atoms with Crippen LogP contribution in [0, 0.1) is 0 Å². The minimum Gasteiger partial charge on any atom is -0.504 e. The van der Waals surface area contributed by atoms with Crippen LogP contribution in [0.15, 0.2) is 24.3 Å². The van der Waals surface area contributed by atoms with Gasteiger partial charge in [0, 0.05) is 6.08 Å². The number of aliphatic hydroxyl groups is 7. The smallest absolute Gasteiger partial charge is 0.331 e. The second-order valence-electron chi connectivity index (χ2n) is 8.24. The maximum atomic E-state index is 12.5. The Balaban J connectivity index is 1.81. The van der Waals surface area contributed by atoms with Gasteiger partial charge in [0.25, 0.3) is 0 Å². The van der Waals surface area contributed by atoms with Crippen LogP contribution >= 0.6 is 0 Å². The highest BCUT2D eigenvalue weighted by molar-refractivity contribution is 5.87. The lowest BCUT2D eigenvalue weighted by Gasteiger charge is -2.43. The Labute approximate surface area is 205 Å². The third kappa shape index (κ3) is 5.63. The molecule has 2 heterocycles. The molecule has 0 amide bonds. The van der Waals surface area contributed by atoms with Crippen molar-refractivity contribution in [1.82, 2.24) is 0 Å². The van der Waals surface area contributed by atoms with Gasteiger partial charge in [0.1, 0.15) is 43.2 Å². The number of benzene rings is 1. The molecule has 0 aromatic heterocycles. The number of ether oxygens (including phenoxy) is 5. The molecular weight excluding hydrogens is 488 g/mol. The van der Waals surface area contributed by atoms with Crippen molar-refractivity contribution in [2.45, 2.75) is 54.8 Å². The molecule has 14 nitrogen and oxygen atoms in total. The predicted octanol–water partition coefficient (Wildman–Crippen LogP) is -3.42. The monoisotopic (exact) mass is 518 g/mol. The topological polar surface area (TPSA) is 225 Å². The van der Waals surface area contributed by atoms with E-state index >= 15 is 0 Å².